The molecule has 1 heterocycles. The molecule has 1 unspecified atom stereocenters. The summed E-state index contributed by atoms with van der Waals surface area (Å²) >= 11 is 0. The molecule has 1 aromatic heterocycles. The van der Waals surface area contributed by atoms with Crippen LogP contribution in [0.3, 0.4) is 0 Å². The van der Waals surface area contributed by atoms with Crippen LogP contribution < -0.4 is 5.32 Å². The minimum atomic E-state index is 0.601. The van der Waals surface area contributed by atoms with E-state index in [0.29, 0.717) is 6.04 Å². The van der Waals surface area contributed by atoms with E-state index in [9.17, 15) is 0 Å². The summed E-state index contributed by atoms with van der Waals surface area (Å²) in [7, 11) is 1.98. The van der Waals surface area contributed by atoms with Gasteiger partial charge in [-0.15, -0.1) is 0 Å². The summed E-state index contributed by atoms with van der Waals surface area (Å²) in [5.41, 5.74) is 2.40. The van der Waals surface area contributed by atoms with Gasteiger partial charge in [0.25, 0.3) is 0 Å². The zero-order valence-corrected chi connectivity index (χ0v) is 9.25. The predicted molar refractivity (Wildman–Crippen MR) is 58.4 cm³/mol. The Morgan fingerprint density at radius 1 is 1.64 bits per heavy atom. The highest BCUT2D eigenvalue weighted by Crippen LogP contribution is 2.34. The Balaban J connectivity index is 2.06. The Hall–Kier alpha value is -0.990. The molecular formula is C11H19N3. The van der Waals surface area contributed by atoms with E-state index >= 15 is 0 Å². The molecule has 1 atom stereocenters. The van der Waals surface area contributed by atoms with Gasteiger partial charge in [0, 0.05) is 19.3 Å². The molecule has 3 nitrogen and oxygen atoms in total. The van der Waals surface area contributed by atoms with Gasteiger partial charge >= 0.3 is 0 Å². The molecule has 0 radical (unpaired) electrons. The number of rotatable bonds is 4. The fourth-order valence-corrected chi connectivity index (χ4v) is 1.88. The number of aryl methyl sites for hydroxylation is 2. The van der Waals surface area contributed by atoms with Crippen molar-refractivity contribution < 1.29 is 0 Å². The zero-order valence-electron chi connectivity index (χ0n) is 9.25. The molecule has 0 saturated heterocycles. The molecule has 0 amide bonds. The van der Waals surface area contributed by atoms with E-state index in [1.807, 2.05) is 11.7 Å². The Labute approximate surface area is 85.5 Å². The lowest BCUT2D eigenvalue weighted by Crippen LogP contribution is -2.17. The van der Waals surface area contributed by atoms with E-state index in [2.05, 4.69) is 30.5 Å². The van der Waals surface area contributed by atoms with Crippen molar-refractivity contribution in [2.75, 3.05) is 5.32 Å². The van der Waals surface area contributed by atoms with E-state index < -0.39 is 0 Å². The summed E-state index contributed by atoms with van der Waals surface area (Å²) in [5.74, 6) is 0.889. The van der Waals surface area contributed by atoms with E-state index in [4.69, 9.17) is 0 Å². The van der Waals surface area contributed by atoms with Crippen LogP contribution in [0, 0.1) is 5.92 Å². The summed E-state index contributed by atoms with van der Waals surface area (Å²) in [6.45, 7) is 4.42. The van der Waals surface area contributed by atoms with Crippen molar-refractivity contribution in [3.8, 4) is 0 Å². The van der Waals surface area contributed by atoms with Crippen molar-refractivity contribution in [1.82, 2.24) is 9.78 Å². The molecule has 3 heteroatoms. The van der Waals surface area contributed by atoms with Crippen LogP contribution in [-0.4, -0.2) is 15.8 Å². The molecule has 1 aromatic rings. The highest BCUT2D eigenvalue weighted by molar-refractivity contribution is 5.47. The van der Waals surface area contributed by atoms with Crippen LogP contribution in [0.25, 0.3) is 0 Å². The van der Waals surface area contributed by atoms with Gasteiger partial charge in [0.1, 0.15) is 0 Å². The second-order valence-electron chi connectivity index (χ2n) is 4.29. The zero-order chi connectivity index (χ0) is 10.1. The number of anilines is 1. The van der Waals surface area contributed by atoms with Crippen molar-refractivity contribution in [3.05, 3.63) is 11.9 Å². The number of nitrogens with one attached hydrogen (secondary N) is 1. The monoisotopic (exact) mass is 193 g/mol. The predicted octanol–water partition coefficient (Wildman–Crippen LogP) is 2.19. The molecule has 14 heavy (non-hydrogen) atoms. The molecule has 2 rings (SSSR count). The van der Waals surface area contributed by atoms with Crippen LogP contribution in [0.2, 0.25) is 0 Å². The molecule has 78 valence electrons. The molecule has 1 N–H and O–H groups in total. The van der Waals surface area contributed by atoms with Crippen LogP contribution in [0.4, 0.5) is 5.69 Å². The minimum absolute atomic E-state index is 0.601. The normalized spacial score (nSPS) is 18.2. The average Bonchev–Trinajstić information content (AvgIpc) is 2.92. The molecule has 0 spiro atoms. The van der Waals surface area contributed by atoms with Gasteiger partial charge < -0.3 is 5.32 Å². The highest BCUT2D eigenvalue weighted by atomic mass is 15.3. The Kier molecular flexibility index (Phi) is 2.48. The van der Waals surface area contributed by atoms with Crippen molar-refractivity contribution in [2.24, 2.45) is 13.0 Å². The first-order chi connectivity index (χ1) is 6.70. The number of hydrogen-bond acceptors (Lipinski definition) is 2. The van der Waals surface area contributed by atoms with Gasteiger partial charge in [-0.25, -0.2) is 0 Å². The van der Waals surface area contributed by atoms with E-state index in [1.165, 1.54) is 24.2 Å². The maximum absolute atomic E-state index is 4.42. The molecule has 1 fully saturated rings. The summed E-state index contributed by atoms with van der Waals surface area (Å²) in [6.07, 6.45) is 5.85. The number of aromatic nitrogens is 2. The Morgan fingerprint density at radius 2 is 2.36 bits per heavy atom. The molecule has 0 bridgehead atoms. The van der Waals surface area contributed by atoms with E-state index in [0.717, 1.165) is 12.3 Å². The standard InChI is InChI=1S/C11H19N3/c1-4-10-11(7-14(3)13-10)12-8(2)9-5-6-9/h7-9,12H,4-6H2,1-3H3. The molecule has 1 aliphatic rings. The van der Waals surface area contributed by atoms with Crippen molar-refractivity contribution in [3.63, 3.8) is 0 Å². The third-order valence-electron chi connectivity index (χ3n) is 2.95. The fraction of sp³-hybridized carbons (Fsp3) is 0.727. The smallest absolute Gasteiger partial charge is 0.0853 e. The lowest BCUT2D eigenvalue weighted by molar-refractivity contribution is 0.693. The maximum Gasteiger partial charge on any atom is 0.0853 e. The van der Waals surface area contributed by atoms with Gasteiger partial charge in [-0.3, -0.25) is 4.68 Å². The lowest BCUT2D eigenvalue weighted by Gasteiger charge is -2.13. The molecule has 1 aliphatic carbocycles. The highest BCUT2D eigenvalue weighted by Gasteiger charge is 2.28. The lowest BCUT2D eigenvalue weighted by atomic mass is 10.2. The number of hydrogen-bond donors (Lipinski definition) is 1. The van der Waals surface area contributed by atoms with Crippen molar-refractivity contribution >= 4 is 5.69 Å². The molecule has 1 saturated carbocycles. The van der Waals surface area contributed by atoms with Crippen LogP contribution in [0.5, 0.6) is 0 Å². The third kappa shape index (κ3) is 1.91. The molecule has 0 aromatic carbocycles. The molecular weight excluding hydrogens is 174 g/mol. The van der Waals surface area contributed by atoms with Crippen molar-refractivity contribution in [1.29, 1.82) is 0 Å². The van der Waals surface area contributed by atoms with Crippen LogP contribution in [0.15, 0.2) is 6.20 Å². The second-order valence-corrected chi connectivity index (χ2v) is 4.29. The largest absolute Gasteiger partial charge is 0.380 e. The second kappa shape index (κ2) is 3.64. The van der Waals surface area contributed by atoms with Gasteiger partial charge in [-0.2, -0.15) is 5.10 Å². The summed E-state index contributed by atoms with van der Waals surface area (Å²) in [5, 5.41) is 7.98. The van der Waals surface area contributed by atoms with Gasteiger partial charge in [0.05, 0.1) is 11.4 Å². The summed E-state index contributed by atoms with van der Waals surface area (Å²) in [4.78, 5) is 0. The average molecular weight is 193 g/mol. The van der Waals surface area contributed by atoms with E-state index in [-0.39, 0.29) is 0 Å². The topological polar surface area (TPSA) is 29.9 Å². The van der Waals surface area contributed by atoms with Gasteiger partial charge in [0.15, 0.2) is 0 Å². The van der Waals surface area contributed by atoms with Gasteiger partial charge in [0.2, 0.25) is 0 Å². The first kappa shape index (κ1) is 9.56. The first-order valence-electron chi connectivity index (χ1n) is 5.49. The minimum Gasteiger partial charge on any atom is -0.380 e. The summed E-state index contributed by atoms with van der Waals surface area (Å²) in [6, 6.07) is 0.601. The third-order valence-corrected chi connectivity index (χ3v) is 2.95. The summed E-state index contributed by atoms with van der Waals surface area (Å²) < 4.78 is 1.89. The Bertz CT molecular complexity index is 312. The Morgan fingerprint density at radius 3 is 2.93 bits per heavy atom. The van der Waals surface area contributed by atoms with E-state index in [1.54, 1.807) is 0 Å². The SMILES string of the molecule is CCc1nn(C)cc1NC(C)C1CC1. The quantitative estimate of drug-likeness (QED) is 0.794. The van der Waals surface area contributed by atoms with Gasteiger partial charge in [-0.1, -0.05) is 6.92 Å². The molecule has 0 aliphatic heterocycles. The number of nitrogens with zero attached hydrogens (tertiary/aromatic N) is 2. The van der Waals surface area contributed by atoms with Gasteiger partial charge in [-0.05, 0) is 32.1 Å². The maximum atomic E-state index is 4.42. The van der Waals surface area contributed by atoms with Crippen LogP contribution >= 0.6 is 0 Å². The fourth-order valence-electron chi connectivity index (χ4n) is 1.88. The first-order valence-corrected chi connectivity index (χ1v) is 5.49. The van der Waals surface area contributed by atoms with Crippen LogP contribution in [0.1, 0.15) is 32.4 Å². The van der Waals surface area contributed by atoms with Crippen molar-refractivity contribution in [2.45, 2.75) is 39.2 Å². The van der Waals surface area contributed by atoms with Crippen LogP contribution in [-0.2, 0) is 13.5 Å².